The van der Waals surface area contributed by atoms with Crippen LogP contribution in [0, 0.1) is 0 Å². The molecular weight excluding hydrogens is 557 g/mol. The van der Waals surface area contributed by atoms with E-state index in [1.807, 2.05) is 0 Å². The lowest BCUT2D eigenvalue weighted by molar-refractivity contribution is 0.572. The van der Waals surface area contributed by atoms with Crippen molar-refractivity contribution in [2.75, 3.05) is 23.0 Å². The van der Waals surface area contributed by atoms with Crippen molar-refractivity contribution >= 4 is 53.7 Å². The molecule has 0 saturated carbocycles. The van der Waals surface area contributed by atoms with Crippen LogP contribution >= 0.6 is 22.7 Å². The Morgan fingerprint density at radius 3 is 1.13 bits per heavy atom. The number of nitrogen functional groups attached to an aromatic ring is 2. The molecule has 0 aliphatic carbocycles. The first-order valence-electron chi connectivity index (χ1n) is 14.4. The topological polar surface area (TPSA) is 120 Å². The number of nitrogens with two attached hydrogens (primary N) is 2. The Kier molecular flexibility index (Phi) is 14.7. The Morgan fingerprint density at radius 2 is 0.816 bits per heavy atom. The van der Waals surface area contributed by atoms with Crippen LogP contribution in [0.3, 0.4) is 0 Å². The van der Waals surface area contributed by atoms with Crippen LogP contribution in [0.25, 0.3) is 9.75 Å². The number of rotatable bonds is 21. The van der Waals surface area contributed by atoms with Crippen molar-refractivity contribution < 1.29 is 16.8 Å². The summed E-state index contributed by atoms with van der Waals surface area (Å²) in [5, 5.41) is 3.14. The fraction of sp³-hybridized carbons (Fsp3) is 0.714. The van der Waals surface area contributed by atoms with Crippen LogP contribution in [0.2, 0.25) is 0 Å². The predicted octanol–water partition coefficient (Wildman–Crippen LogP) is 8.47. The van der Waals surface area contributed by atoms with Gasteiger partial charge in [0, 0.05) is 10.8 Å². The SMILES string of the molecule is CCCCCCCCCCS(=O)(=O)c1csc(-c2scc(S(=O)(=O)CCCCCCCCCC)c2N)c1N. The van der Waals surface area contributed by atoms with E-state index < -0.39 is 19.7 Å². The van der Waals surface area contributed by atoms with E-state index in [1.54, 1.807) is 10.8 Å². The molecule has 2 rings (SSSR count). The molecule has 38 heavy (non-hydrogen) atoms. The zero-order chi connectivity index (χ0) is 28.0. The largest absolute Gasteiger partial charge is 0.396 e. The Hall–Kier alpha value is -1.10. The summed E-state index contributed by atoms with van der Waals surface area (Å²) < 4.78 is 51.9. The molecule has 0 fully saturated rings. The van der Waals surface area contributed by atoms with Crippen LogP contribution in [0.1, 0.15) is 117 Å². The van der Waals surface area contributed by atoms with Gasteiger partial charge in [-0.05, 0) is 12.8 Å². The Bertz CT molecular complexity index is 1080. The number of sulfone groups is 2. The molecular formula is C28H48N2O4S4. The van der Waals surface area contributed by atoms with Gasteiger partial charge in [0.1, 0.15) is 9.79 Å². The van der Waals surface area contributed by atoms with E-state index >= 15 is 0 Å². The highest BCUT2D eigenvalue weighted by atomic mass is 32.2. The van der Waals surface area contributed by atoms with Gasteiger partial charge >= 0.3 is 0 Å². The van der Waals surface area contributed by atoms with Crippen LogP contribution in [-0.2, 0) is 19.7 Å². The van der Waals surface area contributed by atoms with Gasteiger partial charge in [-0.25, -0.2) is 16.8 Å². The highest BCUT2D eigenvalue weighted by molar-refractivity contribution is 7.92. The van der Waals surface area contributed by atoms with E-state index in [4.69, 9.17) is 11.5 Å². The van der Waals surface area contributed by atoms with Crippen molar-refractivity contribution in [1.82, 2.24) is 0 Å². The average Bonchev–Trinajstić information content (AvgIpc) is 3.45. The lowest BCUT2D eigenvalue weighted by Gasteiger charge is -2.06. The summed E-state index contributed by atoms with van der Waals surface area (Å²) in [5.41, 5.74) is 12.9. The maximum absolute atomic E-state index is 13.0. The van der Waals surface area contributed by atoms with Crippen LogP contribution in [-0.4, -0.2) is 28.3 Å². The monoisotopic (exact) mass is 604 g/mol. The molecule has 0 amide bonds. The third-order valence-electron chi connectivity index (χ3n) is 7.00. The van der Waals surface area contributed by atoms with Crippen molar-refractivity contribution in [1.29, 1.82) is 0 Å². The summed E-state index contributed by atoms with van der Waals surface area (Å²) in [7, 11) is -7.02. The lowest BCUT2D eigenvalue weighted by atomic mass is 10.1. The molecule has 0 radical (unpaired) electrons. The van der Waals surface area contributed by atoms with Crippen LogP contribution in [0.5, 0.6) is 0 Å². The summed E-state index contributed by atoms with van der Waals surface area (Å²) >= 11 is 2.43. The molecule has 0 spiro atoms. The zero-order valence-electron chi connectivity index (χ0n) is 23.3. The Balaban J connectivity index is 1.94. The van der Waals surface area contributed by atoms with E-state index in [0.29, 0.717) is 22.6 Å². The predicted molar refractivity (Wildman–Crippen MR) is 166 cm³/mol. The molecule has 10 heteroatoms. The Morgan fingerprint density at radius 1 is 0.526 bits per heavy atom. The van der Waals surface area contributed by atoms with Crippen molar-refractivity contribution in [2.45, 2.75) is 126 Å². The fourth-order valence-electron chi connectivity index (χ4n) is 4.61. The van der Waals surface area contributed by atoms with Crippen molar-refractivity contribution in [3.8, 4) is 9.75 Å². The number of thiophene rings is 2. The second-order valence-electron chi connectivity index (χ2n) is 10.3. The average molecular weight is 605 g/mol. The first-order valence-corrected chi connectivity index (χ1v) is 19.4. The van der Waals surface area contributed by atoms with E-state index in [9.17, 15) is 16.8 Å². The minimum absolute atomic E-state index is 0.0699. The van der Waals surface area contributed by atoms with Gasteiger partial charge in [-0.15, -0.1) is 22.7 Å². The van der Waals surface area contributed by atoms with Crippen LogP contribution in [0.4, 0.5) is 11.4 Å². The first-order chi connectivity index (χ1) is 18.2. The molecule has 0 aliphatic rings. The molecule has 0 aliphatic heterocycles. The third kappa shape index (κ3) is 10.1. The lowest BCUT2D eigenvalue weighted by Crippen LogP contribution is -2.09. The van der Waals surface area contributed by atoms with Gasteiger partial charge in [0.15, 0.2) is 19.7 Å². The summed E-state index contributed by atoms with van der Waals surface area (Å²) in [4.78, 5) is 1.35. The molecule has 6 nitrogen and oxygen atoms in total. The summed E-state index contributed by atoms with van der Waals surface area (Å²) in [6.07, 6.45) is 17.3. The number of hydrogen-bond donors (Lipinski definition) is 2. The quantitative estimate of drug-likeness (QED) is 0.138. The highest BCUT2D eigenvalue weighted by Crippen LogP contribution is 2.46. The van der Waals surface area contributed by atoms with Crippen molar-refractivity contribution in [3.05, 3.63) is 10.8 Å². The minimum atomic E-state index is -3.51. The normalized spacial score (nSPS) is 12.4. The smallest absolute Gasteiger partial charge is 0.181 e. The molecule has 0 atom stereocenters. The van der Waals surface area contributed by atoms with Crippen molar-refractivity contribution in [2.24, 2.45) is 0 Å². The summed E-state index contributed by atoms with van der Waals surface area (Å²) in [6, 6.07) is 0. The summed E-state index contributed by atoms with van der Waals surface area (Å²) in [6.45, 7) is 4.39. The van der Waals surface area contributed by atoms with E-state index in [0.717, 1.165) is 38.5 Å². The van der Waals surface area contributed by atoms with Crippen LogP contribution < -0.4 is 11.5 Å². The third-order valence-corrected chi connectivity index (χ3v) is 13.1. The number of anilines is 2. The number of unbranched alkanes of at least 4 members (excludes halogenated alkanes) is 14. The fourth-order valence-corrected chi connectivity index (χ4v) is 10.6. The van der Waals surface area contributed by atoms with E-state index in [-0.39, 0.29) is 32.7 Å². The van der Waals surface area contributed by atoms with Crippen LogP contribution in [0.15, 0.2) is 20.6 Å². The molecule has 0 unspecified atom stereocenters. The van der Waals surface area contributed by atoms with Gasteiger partial charge in [0.25, 0.3) is 0 Å². The molecule has 0 aromatic carbocycles. The van der Waals surface area contributed by atoms with Gasteiger partial charge in [0.05, 0.1) is 32.6 Å². The van der Waals surface area contributed by atoms with Gasteiger partial charge in [-0.3, -0.25) is 0 Å². The summed E-state index contributed by atoms with van der Waals surface area (Å²) in [5.74, 6) is 0.140. The standard InChI is InChI=1S/C28H48N2O4S4/c1-3-5-7-9-11-13-15-17-19-37(31,32)23-21-35-27(25(23)29)28-26(30)24(22-36-28)38(33,34)20-18-16-14-12-10-8-6-4-2/h21-22H,3-20,29-30H2,1-2H3. The second-order valence-corrected chi connectivity index (χ2v) is 16.2. The molecule has 2 aromatic rings. The maximum atomic E-state index is 13.0. The first kappa shape index (κ1) is 33.1. The van der Waals surface area contributed by atoms with E-state index in [1.165, 1.54) is 74.0 Å². The minimum Gasteiger partial charge on any atom is -0.396 e. The van der Waals surface area contributed by atoms with Gasteiger partial charge in [0.2, 0.25) is 0 Å². The number of hydrogen-bond acceptors (Lipinski definition) is 8. The molecule has 2 aromatic heterocycles. The molecule has 0 saturated heterocycles. The van der Waals surface area contributed by atoms with Crippen molar-refractivity contribution in [3.63, 3.8) is 0 Å². The maximum Gasteiger partial charge on any atom is 0.181 e. The molecule has 218 valence electrons. The molecule has 2 heterocycles. The van der Waals surface area contributed by atoms with E-state index in [2.05, 4.69) is 13.8 Å². The highest BCUT2D eigenvalue weighted by Gasteiger charge is 2.27. The molecule has 4 N–H and O–H groups in total. The van der Waals surface area contributed by atoms with Gasteiger partial charge in [-0.2, -0.15) is 0 Å². The second kappa shape index (κ2) is 16.9. The Labute approximate surface area is 239 Å². The molecule has 0 bridgehead atoms. The zero-order valence-corrected chi connectivity index (χ0v) is 26.6. The van der Waals surface area contributed by atoms with Gasteiger partial charge < -0.3 is 11.5 Å². The van der Waals surface area contributed by atoms with Gasteiger partial charge in [-0.1, -0.05) is 104 Å².